The van der Waals surface area contributed by atoms with Gasteiger partial charge in [0.25, 0.3) is 5.91 Å². The van der Waals surface area contributed by atoms with E-state index in [0.29, 0.717) is 23.8 Å². The monoisotopic (exact) mass is 460 g/mol. The molecule has 0 N–H and O–H groups in total. The summed E-state index contributed by atoms with van der Waals surface area (Å²) in [5.41, 5.74) is 0.524. The number of aromatic nitrogens is 3. The highest BCUT2D eigenvalue weighted by molar-refractivity contribution is 7.13. The van der Waals surface area contributed by atoms with E-state index in [9.17, 15) is 18.0 Å². The molecule has 158 valence electrons. The van der Waals surface area contributed by atoms with E-state index >= 15 is 0 Å². The highest BCUT2D eigenvalue weighted by Crippen LogP contribution is 2.32. The average molecular weight is 461 g/mol. The highest BCUT2D eigenvalue weighted by Gasteiger charge is 2.31. The molecule has 0 spiro atoms. The van der Waals surface area contributed by atoms with Crippen molar-refractivity contribution in [2.24, 2.45) is 0 Å². The molecular formula is C21H15F3N4OS2. The third-order valence-corrected chi connectivity index (χ3v) is 6.94. The van der Waals surface area contributed by atoms with Crippen molar-refractivity contribution in [2.45, 2.75) is 19.1 Å². The van der Waals surface area contributed by atoms with E-state index < -0.39 is 11.7 Å². The van der Waals surface area contributed by atoms with Crippen LogP contribution in [-0.2, 0) is 19.1 Å². The quantitative estimate of drug-likeness (QED) is 0.418. The number of thiophene rings is 2. The predicted molar refractivity (Wildman–Crippen MR) is 112 cm³/mol. The summed E-state index contributed by atoms with van der Waals surface area (Å²) in [4.78, 5) is 21.2. The Hall–Kier alpha value is -2.98. The summed E-state index contributed by atoms with van der Waals surface area (Å²) >= 11 is 3.05. The van der Waals surface area contributed by atoms with Crippen LogP contribution in [0.5, 0.6) is 0 Å². The summed E-state index contributed by atoms with van der Waals surface area (Å²) in [7, 11) is 0. The number of rotatable bonds is 3. The zero-order valence-electron chi connectivity index (χ0n) is 16.0. The normalized spacial score (nSPS) is 14.0. The van der Waals surface area contributed by atoms with Crippen molar-refractivity contribution in [3.63, 3.8) is 0 Å². The summed E-state index contributed by atoms with van der Waals surface area (Å²) in [6, 6.07) is 10.5. The Morgan fingerprint density at radius 3 is 2.71 bits per heavy atom. The van der Waals surface area contributed by atoms with Gasteiger partial charge in [-0.05, 0) is 53.1 Å². The van der Waals surface area contributed by atoms with Crippen LogP contribution in [-0.4, -0.2) is 32.1 Å². The van der Waals surface area contributed by atoms with Crippen molar-refractivity contribution < 1.29 is 18.0 Å². The molecule has 4 heterocycles. The molecule has 1 aromatic carbocycles. The van der Waals surface area contributed by atoms with Crippen LogP contribution in [0.1, 0.15) is 26.6 Å². The van der Waals surface area contributed by atoms with Crippen LogP contribution in [0.2, 0.25) is 0 Å². The smallest absolute Gasteiger partial charge is 0.331 e. The van der Waals surface area contributed by atoms with E-state index in [2.05, 4.69) is 10.1 Å². The van der Waals surface area contributed by atoms with Gasteiger partial charge in [0.15, 0.2) is 5.82 Å². The lowest BCUT2D eigenvalue weighted by Gasteiger charge is -2.25. The van der Waals surface area contributed by atoms with Gasteiger partial charge >= 0.3 is 6.18 Å². The van der Waals surface area contributed by atoms with E-state index in [1.54, 1.807) is 22.3 Å². The molecular weight excluding hydrogens is 445 g/mol. The van der Waals surface area contributed by atoms with Crippen molar-refractivity contribution in [3.05, 3.63) is 75.1 Å². The lowest BCUT2D eigenvalue weighted by molar-refractivity contribution is -0.137. The number of alkyl halides is 3. The number of carbonyl (C=O) groups excluding carboxylic acids is 1. The highest BCUT2D eigenvalue weighted by atomic mass is 32.1. The molecule has 0 aliphatic carbocycles. The molecule has 0 saturated heterocycles. The molecule has 5 nitrogen and oxygen atoms in total. The lowest BCUT2D eigenvalue weighted by Crippen LogP contribution is -2.36. The number of benzene rings is 1. The molecule has 5 rings (SSSR count). The van der Waals surface area contributed by atoms with E-state index in [4.69, 9.17) is 0 Å². The number of amides is 1. The molecule has 0 fully saturated rings. The molecule has 4 aromatic rings. The lowest BCUT2D eigenvalue weighted by atomic mass is 10.1. The standard InChI is InChI=1S/C21H15F3N4OS2/c22-21(23,24)14-3-1-4-15(11-14)28-19(17-5-2-9-30-17)25-18(26-28)20(29)27-8-6-16-13(12-27)7-10-31-16/h1-5,7,9-11H,6,8,12H2. The molecule has 0 bridgehead atoms. The van der Waals surface area contributed by atoms with Crippen LogP contribution >= 0.6 is 22.7 Å². The van der Waals surface area contributed by atoms with E-state index in [1.807, 2.05) is 22.9 Å². The predicted octanol–water partition coefficient (Wildman–Crippen LogP) is 5.27. The molecule has 0 unspecified atom stereocenters. The molecule has 3 aromatic heterocycles. The molecule has 31 heavy (non-hydrogen) atoms. The fourth-order valence-corrected chi connectivity index (χ4v) is 5.11. The summed E-state index contributed by atoms with van der Waals surface area (Å²) in [6.07, 6.45) is -3.71. The summed E-state index contributed by atoms with van der Waals surface area (Å²) < 4.78 is 41.0. The van der Waals surface area contributed by atoms with Crippen LogP contribution in [0.3, 0.4) is 0 Å². The maximum Gasteiger partial charge on any atom is 0.416 e. The minimum Gasteiger partial charge on any atom is -0.331 e. The Labute approximate surface area is 183 Å². The first kappa shape index (κ1) is 20.0. The van der Waals surface area contributed by atoms with E-state index in [1.165, 1.54) is 33.0 Å². The Balaban J connectivity index is 1.55. The molecule has 1 aliphatic heterocycles. The van der Waals surface area contributed by atoms with Gasteiger partial charge in [0, 0.05) is 18.0 Å². The van der Waals surface area contributed by atoms with Crippen LogP contribution in [0, 0.1) is 0 Å². The van der Waals surface area contributed by atoms with Gasteiger partial charge in [-0.25, -0.2) is 9.67 Å². The fraction of sp³-hybridized carbons (Fsp3) is 0.190. The van der Waals surface area contributed by atoms with Gasteiger partial charge in [-0.15, -0.1) is 27.8 Å². The van der Waals surface area contributed by atoms with Crippen LogP contribution < -0.4 is 0 Å². The van der Waals surface area contributed by atoms with Crippen LogP contribution in [0.4, 0.5) is 13.2 Å². The minimum absolute atomic E-state index is 0.0282. The number of nitrogens with zero attached hydrogens (tertiary/aromatic N) is 4. The topological polar surface area (TPSA) is 51.0 Å². The molecule has 1 aliphatic rings. The van der Waals surface area contributed by atoms with Gasteiger partial charge in [0.1, 0.15) is 0 Å². The number of hydrogen-bond acceptors (Lipinski definition) is 5. The van der Waals surface area contributed by atoms with Gasteiger partial charge in [0.2, 0.25) is 5.82 Å². The second-order valence-electron chi connectivity index (χ2n) is 7.04. The minimum atomic E-state index is -4.48. The zero-order chi connectivity index (χ0) is 21.6. The first-order valence-corrected chi connectivity index (χ1v) is 11.2. The van der Waals surface area contributed by atoms with Crippen molar-refractivity contribution in [1.29, 1.82) is 0 Å². The fourth-order valence-electron chi connectivity index (χ4n) is 3.53. The second kappa shape index (κ2) is 7.61. The van der Waals surface area contributed by atoms with Crippen molar-refractivity contribution in [3.8, 4) is 16.4 Å². The maximum atomic E-state index is 13.2. The number of fused-ring (bicyclic) bond motifs is 1. The van der Waals surface area contributed by atoms with Gasteiger partial charge in [-0.2, -0.15) is 13.2 Å². The Morgan fingerprint density at radius 2 is 1.94 bits per heavy atom. The maximum absolute atomic E-state index is 13.2. The SMILES string of the molecule is O=C(c1nc(-c2cccs2)n(-c2cccc(C(F)(F)F)c2)n1)N1CCc2sccc2C1. The summed E-state index contributed by atoms with van der Waals surface area (Å²) in [6.45, 7) is 1.03. The van der Waals surface area contributed by atoms with E-state index in [0.717, 1.165) is 24.1 Å². The molecule has 1 amide bonds. The summed E-state index contributed by atoms with van der Waals surface area (Å²) in [5, 5.41) is 8.18. The third kappa shape index (κ3) is 3.77. The number of carbonyl (C=O) groups is 1. The molecule has 0 radical (unpaired) electrons. The van der Waals surface area contributed by atoms with Crippen LogP contribution in [0.15, 0.2) is 53.2 Å². The Bertz CT molecular complexity index is 1240. The van der Waals surface area contributed by atoms with Crippen molar-refractivity contribution >= 4 is 28.6 Å². The Morgan fingerprint density at radius 1 is 1.06 bits per heavy atom. The van der Waals surface area contributed by atoms with Gasteiger partial charge in [-0.3, -0.25) is 4.79 Å². The zero-order valence-corrected chi connectivity index (χ0v) is 17.6. The Kier molecular flexibility index (Phi) is 4.90. The third-order valence-electron chi connectivity index (χ3n) is 5.05. The molecule has 10 heteroatoms. The number of hydrogen-bond donors (Lipinski definition) is 0. The molecule has 0 atom stereocenters. The number of halogens is 3. The van der Waals surface area contributed by atoms with Gasteiger partial charge < -0.3 is 4.90 Å². The van der Waals surface area contributed by atoms with Crippen LogP contribution in [0.25, 0.3) is 16.4 Å². The van der Waals surface area contributed by atoms with Gasteiger partial charge in [0.05, 0.1) is 16.1 Å². The van der Waals surface area contributed by atoms with E-state index in [-0.39, 0.29) is 17.4 Å². The van der Waals surface area contributed by atoms with Gasteiger partial charge in [-0.1, -0.05) is 12.1 Å². The first-order valence-electron chi connectivity index (χ1n) is 9.43. The van der Waals surface area contributed by atoms with Crippen molar-refractivity contribution in [2.75, 3.05) is 6.54 Å². The largest absolute Gasteiger partial charge is 0.416 e. The average Bonchev–Trinajstić information content (AvgIpc) is 3.52. The van der Waals surface area contributed by atoms with Crippen molar-refractivity contribution in [1.82, 2.24) is 19.7 Å². The second-order valence-corrected chi connectivity index (χ2v) is 8.99. The first-order chi connectivity index (χ1) is 14.9. The molecule has 0 saturated carbocycles. The summed E-state index contributed by atoms with van der Waals surface area (Å²) in [5.74, 6) is -0.0224.